The summed E-state index contributed by atoms with van der Waals surface area (Å²) >= 11 is 0. The lowest BCUT2D eigenvalue weighted by Crippen LogP contribution is -2.40. The van der Waals surface area contributed by atoms with E-state index in [-0.39, 0.29) is 31.1 Å². The third kappa shape index (κ3) is 10.5. The Labute approximate surface area is 244 Å². The Morgan fingerprint density at radius 1 is 0.805 bits per heavy atom. The van der Waals surface area contributed by atoms with E-state index in [4.69, 9.17) is 14.6 Å². The highest BCUT2D eigenvalue weighted by Gasteiger charge is 2.33. The maximum Gasteiger partial charge on any atom is 0.303 e. The van der Waals surface area contributed by atoms with E-state index in [0.29, 0.717) is 12.8 Å². The van der Waals surface area contributed by atoms with Crippen LogP contribution in [-0.4, -0.2) is 52.7 Å². The first kappa shape index (κ1) is 31.2. The fourth-order valence-corrected chi connectivity index (χ4v) is 5.68. The fraction of sp³-hybridized carbons (Fsp3) is 0.576. The van der Waals surface area contributed by atoms with Gasteiger partial charge in [-0.15, -0.1) is 0 Å². The largest absolute Gasteiger partial charge is 0.481 e. The number of anilines is 1. The van der Waals surface area contributed by atoms with Gasteiger partial charge < -0.3 is 29.9 Å². The number of hydrogen-bond donors (Lipinski definition) is 3. The van der Waals surface area contributed by atoms with Crippen molar-refractivity contribution < 1.29 is 29.3 Å². The predicted molar refractivity (Wildman–Crippen MR) is 158 cm³/mol. The number of carbonyl (C=O) groups excluding carboxylic acids is 1. The average molecular weight is 567 g/mol. The van der Waals surface area contributed by atoms with Gasteiger partial charge in [0.1, 0.15) is 0 Å². The van der Waals surface area contributed by atoms with Crippen LogP contribution in [0.2, 0.25) is 0 Å². The zero-order valence-corrected chi connectivity index (χ0v) is 24.1. The highest BCUT2D eigenvalue weighted by atomic mass is 16.7. The molecule has 3 atom stereocenters. The number of carboxylic acid groups (broad SMARTS) is 1. The molecule has 3 N–H and O–H groups in total. The Balaban J connectivity index is 1.36. The summed E-state index contributed by atoms with van der Waals surface area (Å²) in [6, 6.07) is 15.7. The van der Waals surface area contributed by atoms with Gasteiger partial charge in [-0.1, -0.05) is 68.5 Å². The van der Waals surface area contributed by atoms with Crippen LogP contribution >= 0.6 is 0 Å². The number of carbonyl (C=O) groups is 2. The molecule has 0 aliphatic carbocycles. The molecule has 0 radical (unpaired) electrons. The number of unbranched alkanes of at least 4 members (excludes halogenated alkanes) is 3. The molecule has 2 aromatic rings. The molecule has 0 spiro atoms. The molecular formula is C33H46N2O6. The Morgan fingerprint density at radius 3 is 2.10 bits per heavy atom. The summed E-state index contributed by atoms with van der Waals surface area (Å²) in [5.41, 5.74) is 3.61. The molecule has 41 heavy (non-hydrogen) atoms. The summed E-state index contributed by atoms with van der Waals surface area (Å²) in [5, 5.41) is 21.1. The van der Waals surface area contributed by atoms with Crippen LogP contribution < -0.4 is 5.32 Å². The topological polar surface area (TPSA) is 108 Å². The van der Waals surface area contributed by atoms with Crippen LogP contribution in [0.3, 0.4) is 0 Å². The van der Waals surface area contributed by atoms with Crippen molar-refractivity contribution in [2.75, 3.05) is 25.0 Å². The van der Waals surface area contributed by atoms with Crippen LogP contribution in [0.5, 0.6) is 0 Å². The van der Waals surface area contributed by atoms with Crippen molar-refractivity contribution in [3.05, 3.63) is 65.2 Å². The van der Waals surface area contributed by atoms with Crippen molar-refractivity contribution in [3.8, 4) is 0 Å². The average Bonchev–Trinajstić information content (AvgIpc) is 2.96. The van der Waals surface area contributed by atoms with Crippen LogP contribution in [-0.2, 0) is 25.7 Å². The lowest BCUT2D eigenvalue weighted by atomic mass is 9.99. The quantitative estimate of drug-likeness (QED) is 0.242. The molecule has 0 saturated carbocycles. The number of nitrogens with one attached hydrogen (secondary N) is 1. The van der Waals surface area contributed by atoms with Gasteiger partial charge in [0.15, 0.2) is 6.29 Å². The molecule has 3 unspecified atom stereocenters. The van der Waals surface area contributed by atoms with Crippen molar-refractivity contribution in [1.29, 1.82) is 0 Å². The lowest BCUT2D eigenvalue weighted by molar-refractivity contribution is -0.253. The highest BCUT2D eigenvalue weighted by Crippen LogP contribution is 2.38. The minimum atomic E-state index is -0.772. The number of rotatable bonds is 13. The zero-order valence-electron chi connectivity index (χ0n) is 24.1. The standard InChI is InChI=1S/C33H46N2O6/c36-24-25-12-14-26(15-13-25)30-22-29(23-35-20-8-4-1-5-9-21-35)40-33(41-30)27-16-18-28(19-17-27)34-31(37)10-6-2-3-7-11-32(38)39/h12-19,29-30,33,36H,1-11,20-24H2,(H,34,37)(H,38,39). The zero-order chi connectivity index (χ0) is 28.9. The summed E-state index contributed by atoms with van der Waals surface area (Å²) in [5.74, 6) is -0.813. The molecule has 2 fully saturated rings. The van der Waals surface area contributed by atoms with Gasteiger partial charge in [0.05, 0.1) is 18.8 Å². The van der Waals surface area contributed by atoms with Crippen LogP contribution in [0.1, 0.15) is 106 Å². The van der Waals surface area contributed by atoms with Gasteiger partial charge in [0.25, 0.3) is 0 Å². The number of ether oxygens (including phenoxy) is 2. The first-order valence-electron chi connectivity index (χ1n) is 15.3. The van der Waals surface area contributed by atoms with Gasteiger partial charge >= 0.3 is 5.97 Å². The Hall–Kier alpha value is -2.78. The second kappa shape index (κ2) is 16.6. The Kier molecular flexibility index (Phi) is 12.6. The maximum absolute atomic E-state index is 12.4. The molecule has 2 aromatic carbocycles. The first-order chi connectivity index (χ1) is 20.0. The number of aliphatic hydroxyl groups is 1. The van der Waals surface area contributed by atoms with Gasteiger partial charge in [-0.3, -0.25) is 9.59 Å². The molecule has 224 valence electrons. The summed E-state index contributed by atoms with van der Waals surface area (Å²) < 4.78 is 13.0. The van der Waals surface area contributed by atoms with Crippen molar-refractivity contribution in [2.24, 2.45) is 0 Å². The van der Waals surface area contributed by atoms with Gasteiger partial charge in [-0.25, -0.2) is 0 Å². The SMILES string of the molecule is O=C(O)CCCCCCC(=O)Nc1ccc(C2OC(CN3CCCCCCC3)CC(c3ccc(CO)cc3)O2)cc1. The van der Waals surface area contributed by atoms with Crippen LogP contribution in [0.4, 0.5) is 5.69 Å². The monoisotopic (exact) mass is 566 g/mol. The lowest BCUT2D eigenvalue weighted by Gasteiger charge is -2.38. The van der Waals surface area contributed by atoms with Crippen LogP contribution in [0.25, 0.3) is 0 Å². The van der Waals surface area contributed by atoms with Crippen LogP contribution in [0.15, 0.2) is 48.5 Å². The van der Waals surface area contributed by atoms with E-state index < -0.39 is 12.3 Å². The molecule has 2 aliphatic heterocycles. The molecule has 8 heteroatoms. The number of hydrogen-bond acceptors (Lipinski definition) is 6. The minimum absolute atomic E-state index is 0.0187. The first-order valence-corrected chi connectivity index (χ1v) is 15.3. The minimum Gasteiger partial charge on any atom is -0.481 e. The predicted octanol–water partition coefficient (Wildman–Crippen LogP) is 6.35. The molecule has 0 bridgehead atoms. The molecule has 1 amide bonds. The molecular weight excluding hydrogens is 520 g/mol. The van der Waals surface area contributed by atoms with Gasteiger partial charge in [-0.05, 0) is 62.0 Å². The maximum atomic E-state index is 12.4. The van der Waals surface area contributed by atoms with Crippen molar-refractivity contribution in [3.63, 3.8) is 0 Å². The fourth-order valence-electron chi connectivity index (χ4n) is 5.68. The molecule has 8 nitrogen and oxygen atoms in total. The number of carboxylic acids is 1. The van der Waals surface area contributed by atoms with Gasteiger partial charge in [0, 0.05) is 37.1 Å². The van der Waals surface area contributed by atoms with E-state index in [1.807, 2.05) is 48.5 Å². The summed E-state index contributed by atoms with van der Waals surface area (Å²) in [6.45, 7) is 3.12. The number of aliphatic hydroxyl groups excluding tert-OH is 1. The van der Waals surface area contributed by atoms with E-state index in [0.717, 1.165) is 67.7 Å². The number of benzene rings is 2. The third-order valence-corrected chi connectivity index (χ3v) is 8.04. The number of likely N-dealkylation sites (tertiary alicyclic amines) is 1. The number of nitrogens with zero attached hydrogens (tertiary/aromatic N) is 1. The second-order valence-electron chi connectivity index (χ2n) is 11.4. The van der Waals surface area contributed by atoms with E-state index in [1.165, 1.54) is 32.1 Å². The van der Waals surface area contributed by atoms with E-state index >= 15 is 0 Å². The smallest absolute Gasteiger partial charge is 0.303 e. The summed E-state index contributed by atoms with van der Waals surface area (Å²) in [4.78, 5) is 25.5. The highest BCUT2D eigenvalue weighted by molar-refractivity contribution is 5.90. The summed E-state index contributed by atoms with van der Waals surface area (Å²) in [7, 11) is 0. The molecule has 2 heterocycles. The Morgan fingerprint density at radius 2 is 1.44 bits per heavy atom. The van der Waals surface area contributed by atoms with Crippen LogP contribution in [0, 0.1) is 0 Å². The van der Waals surface area contributed by atoms with Crippen molar-refractivity contribution in [1.82, 2.24) is 4.90 Å². The Bertz CT molecular complexity index is 1070. The number of amides is 1. The van der Waals surface area contributed by atoms with E-state index in [1.54, 1.807) is 0 Å². The normalized spacial score (nSPS) is 22.0. The second-order valence-corrected chi connectivity index (χ2v) is 11.4. The number of aliphatic carboxylic acids is 1. The molecule has 2 saturated heterocycles. The van der Waals surface area contributed by atoms with Crippen molar-refractivity contribution >= 4 is 17.6 Å². The third-order valence-electron chi connectivity index (χ3n) is 8.04. The van der Waals surface area contributed by atoms with E-state index in [9.17, 15) is 14.7 Å². The van der Waals surface area contributed by atoms with Crippen molar-refractivity contribution in [2.45, 2.75) is 102 Å². The van der Waals surface area contributed by atoms with Gasteiger partial charge in [0.2, 0.25) is 5.91 Å². The molecule has 4 rings (SSSR count). The van der Waals surface area contributed by atoms with Gasteiger partial charge in [-0.2, -0.15) is 0 Å². The van der Waals surface area contributed by atoms with E-state index in [2.05, 4.69) is 10.2 Å². The molecule has 0 aromatic heterocycles. The summed E-state index contributed by atoms with van der Waals surface area (Å²) in [6.07, 6.45) is 10.2. The molecule has 2 aliphatic rings.